The van der Waals surface area contributed by atoms with Crippen LogP contribution in [0.3, 0.4) is 0 Å². The first-order valence-corrected chi connectivity index (χ1v) is 4.52. The highest BCUT2D eigenvalue weighted by Gasteiger charge is 2.14. The van der Waals surface area contributed by atoms with E-state index in [1.54, 1.807) is 26.0 Å². The van der Waals surface area contributed by atoms with Gasteiger partial charge in [-0.25, -0.2) is 0 Å². The quantitative estimate of drug-likeness (QED) is 0.776. The number of phenolic OH excluding ortho intramolecular Hbond substituents is 1. The molecule has 0 heterocycles. The summed E-state index contributed by atoms with van der Waals surface area (Å²) < 4.78 is 0. The van der Waals surface area contributed by atoms with Crippen molar-refractivity contribution in [2.24, 2.45) is 0 Å². The summed E-state index contributed by atoms with van der Waals surface area (Å²) in [4.78, 5) is 10.5. The highest BCUT2D eigenvalue weighted by atomic mass is 16.4. The molecule has 76 valence electrons. The number of rotatable bonds is 3. The van der Waals surface area contributed by atoms with Crippen molar-refractivity contribution in [3.63, 3.8) is 0 Å². The SMILES string of the molecule is Cc1cccc(C(C)CC(=O)O)c1O. The van der Waals surface area contributed by atoms with E-state index in [0.29, 0.717) is 5.56 Å². The summed E-state index contributed by atoms with van der Waals surface area (Å²) in [5, 5.41) is 18.3. The van der Waals surface area contributed by atoms with Crippen LogP contribution in [0.1, 0.15) is 30.4 Å². The average Bonchev–Trinajstić information content (AvgIpc) is 2.08. The van der Waals surface area contributed by atoms with E-state index in [9.17, 15) is 9.90 Å². The Morgan fingerprint density at radius 1 is 1.50 bits per heavy atom. The lowest BCUT2D eigenvalue weighted by Gasteiger charge is -2.12. The maximum Gasteiger partial charge on any atom is 0.303 e. The number of aryl methyl sites for hydroxylation is 1. The fraction of sp³-hybridized carbons (Fsp3) is 0.364. The van der Waals surface area contributed by atoms with Gasteiger partial charge >= 0.3 is 5.97 Å². The molecule has 1 rings (SSSR count). The molecule has 1 aromatic rings. The molecule has 0 amide bonds. The Labute approximate surface area is 83.0 Å². The molecule has 0 aliphatic rings. The third kappa shape index (κ3) is 2.25. The Balaban J connectivity index is 2.95. The molecule has 14 heavy (non-hydrogen) atoms. The minimum absolute atomic E-state index is 0.0387. The number of aliphatic carboxylic acids is 1. The third-order valence-electron chi connectivity index (χ3n) is 2.28. The molecule has 3 heteroatoms. The molecule has 0 spiro atoms. The predicted molar refractivity (Wildman–Crippen MR) is 53.5 cm³/mol. The van der Waals surface area contributed by atoms with Crippen LogP contribution in [0.25, 0.3) is 0 Å². The van der Waals surface area contributed by atoms with Crippen LogP contribution in [0.5, 0.6) is 5.75 Å². The Morgan fingerprint density at radius 2 is 2.14 bits per heavy atom. The van der Waals surface area contributed by atoms with Gasteiger partial charge < -0.3 is 10.2 Å². The zero-order valence-electron chi connectivity index (χ0n) is 8.32. The van der Waals surface area contributed by atoms with Gasteiger partial charge in [0.2, 0.25) is 0 Å². The lowest BCUT2D eigenvalue weighted by molar-refractivity contribution is -0.137. The number of carboxylic acid groups (broad SMARTS) is 1. The van der Waals surface area contributed by atoms with E-state index in [2.05, 4.69) is 0 Å². The standard InChI is InChI=1S/C11H14O3/c1-7-4-3-5-9(11(7)14)8(2)6-10(12)13/h3-5,8,14H,6H2,1-2H3,(H,12,13). The Morgan fingerprint density at radius 3 is 2.71 bits per heavy atom. The van der Waals surface area contributed by atoms with Crippen LogP contribution in [0, 0.1) is 6.92 Å². The van der Waals surface area contributed by atoms with Gasteiger partial charge in [0.05, 0.1) is 6.42 Å². The van der Waals surface area contributed by atoms with Crippen LogP contribution >= 0.6 is 0 Å². The Hall–Kier alpha value is -1.51. The first-order valence-electron chi connectivity index (χ1n) is 4.52. The zero-order valence-corrected chi connectivity index (χ0v) is 8.32. The minimum atomic E-state index is -0.849. The first-order chi connectivity index (χ1) is 6.52. The van der Waals surface area contributed by atoms with Crippen LogP contribution in [0.2, 0.25) is 0 Å². The summed E-state index contributed by atoms with van der Waals surface area (Å²) in [6.07, 6.45) is 0.0387. The molecule has 1 aromatic carbocycles. The molecule has 0 saturated heterocycles. The highest BCUT2D eigenvalue weighted by Crippen LogP contribution is 2.30. The summed E-state index contributed by atoms with van der Waals surface area (Å²) >= 11 is 0. The van der Waals surface area contributed by atoms with Crippen molar-refractivity contribution < 1.29 is 15.0 Å². The van der Waals surface area contributed by atoms with E-state index < -0.39 is 5.97 Å². The van der Waals surface area contributed by atoms with Crippen molar-refractivity contribution in [1.29, 1.82) is 0 Å². The summed E-state index contributed by atoms with van der Waals surface area (Å²) in [7, 11) is 0. The van der Waals surface area contributed by atoms with Crippen LogP contribution in [-0.4, -0.2) is 16.2 Å². The molecular weight excluding hydrogens is 180 g/mol. The molecule has 0 fully saturated rings. The molecule has 0 bridgehead atoms. The molecule has 0 saturated carbocycles. The topological polar surface area (TPSA) is 57.5 Å². The number of carboxylic acids is 1. The zero-order chi connectivity index (χ0) is 10.7. The molecule has 3 nitrogen and oxygen atoms in total. The molecule has 2 N–H and O–H groups in total. The van der Waals surface area contributed by atoms with Crippen LogP contribution in [0.15, 0.2) is 18.2 Å². The summed E-state index contributed by atoms with van der Waals surface area (Å²) in [5.74, 6) is -0.799. The van der Waals surface area contributed by atoms with Gasteiger partial charge in [-0.15, -0.1) is 0 Å². The number of para-hydroxylation sites is 1. The maximum atomic E-state index is 10.5. The van der Waals surface area contributed by atoms with Crippen molar-refractivity contribution in [3.8, 4) is 5.75 Å². The van der Waals surface area contributed by atoms with Crippen molar-refractivity contribution in [2.45, 2.75) is 26.2 Å². The second-order valence-electron chi connectivity index (χ2n) is 3.51. The van der Waals surface area contributed by atoms with Gasteiger partial charge in [0, 0.05) is 0 Å². The number of phenols is 1. The average molecular weight is 194 g/mol. The van der Waals surface area contributed by atoms with Crippen molar-refractivity contribution >= 4 is 5.97 Å². The third-order valence-corrected chi connectivity index (χ3v) is 2.28. The van der Waals surface area contributed by atoms with Crippen molar-refractivity contribution in [1.82, 2.24) is 0 Å². The molecule has 1 unspecified atom stereocenters. The minimum Gasteiger partial charge on any atom is -0.507 e. The molecule has 0 aliphatic heterocycles. The number of aromatic hydroxyl groups is 1. The van der Waals surface area contributed by atoms with Gasteiger partial charge in [0.1, 0.15) is 5.75 Å². The summed E-state index contributed by atoms with van der Waals surface area (Å²) in [5.41, 5.74) is 1.48. The van der Waals surface area contributed by atoms with Gasteiger partial charge in [-0.1, -0.05) is 25.1 Å². The summed E-state index contributed by atoms with van der Waals surface area (Å²) in [6.45, 7) is 3.59. The fourth-order valence-corrected chi connectivity index (χ4v) is 1.45. The van der Waals surface area contributed by atoms with Crippen LogP contribution in [0.4, 0.5) is 0 Å². The first kappa shape index (κ1) is 10.6. The normalized spacial score (nSPS) is 12.4. The van der Waals surface area contributed by atoms with Gasteiger partial charge in [-0.3, -0.25) is 4.79 Å². The number of benzene rings is 1. The van der Waals surface area contributed by atoms with E-state index >= 15 is 0 Å². The van der Waals surface area contributed by atoms with E-state index in [1.807, 2.05) is 6.07 Å². The summed E-state index contributed by atoms with van der Waals surface area (Å²) in [6, 6.07) is 5.38. The van der Waals surface area contributed by atoms with Crippen molar-refractivity contribution in [3.05, 3.63) is 29.3 Å². The maximum absolute atomic E-state index is 10.5. The number of carbonyl (C=O) groups is 1. The molecule has 0 aliphatic carbocycles. The molecule has 0 radical (unpaired) electrons. The number of hydrogen-bond donors (Lipinski definition) is 2. The second-order valence-corrected chi connectivity index (χ2v) is 3.51. The monoisotopic (exact) mass is 194 g/mol. The van der Waals surface area contributed by atoms with E-state index in [4.69, 9.17) is 5.11 Å². The van der Waals surface area contributed by atoms with E-state index in [0.717, 1.165) is 5.56 Å². The number of hydrogen-bond acceptors (Lipinski definition) is 2. The van der Waals surface area contributed by atoms with Crippen LogP contribution < -0.4 is 0 Å². The lowest BCUT2D eigenvalue weighted by atomic mass is 9.95. The predicted octanol–water partition coefficient (Wildman–Crippen LogP) is 2.28. The largest absolute Gasteiger partial charge is 0.507 e. The second kappa shape index (κ2) is 4.13. The Kier molecular flexibility index (Phi) is 3.12. The Bertz CT molecular complexity index is 344. The van der Waals surface area contributed by atoms with E-state index in [-0.39, 0.29) is 18.1 Å². The van der Waals surface area contributed by atoms with Gasteiger partial charge in [-0.05, 0) is 24.0 Å². The van der Waals surface area contributed by atoms with Gasteiger partial charge in [0.25, 0.3) is 0 Å². The van der Waals surface area contributed by atoms with Gasteiger partial charge in [0.15, 0.2) is 0 Å². The highest BCUT2D eigenvalue weighted by molar-refractivity contribution is 5.68. The fourth-order valence-electron chi connectivity index (χ4n) is 1.45. The van der Waals surface area contributed by atoms with Gasteiger partial charge in [-0.2, -0.15) is 0 Å². The smallest absolute Gasteiger partial charge is 0.303 e. The molecule has 0 aromatic heterocycles. The lowest BCUT2D eigenvalue weighted by Crippen LogP contribution is -2.03. The molecule has 1 atom stereocenters. The van der Waals surface area contributed by atoms with E-state index in [1.165, 1.54) is 0 Å². The van der Waals surface area contributed by atoms with Crippen LogP contribution in [-0.2, 0) is 4.79 Å². The molecular formula is C11H14O3. The van der Waals surface area contributed by atoms with Crippen molar-refractivity contribution in [2.75, 3.05) is 0 Å².